The van der Waals surface area contributed by atoms with E-state index in [0.29, 0.717) is 5.02 Å². The lowest BCUT2D eigenvalue weighted by molar-refractivity contribution is 1.01. The van der Waals surface area contributed by atoms with E-state index in [1.54, 1.807) is 6.20 Å². The van der Waals surface area contributed by atoms with Crippen LogP contribution < -0.4 is 0 Å². The van der Waals surface area contributed by atoms with Gasteiger partial charge in [-0.3, -0.25) is 0 Å². The molecule has 0 N–H and O–H groups in total. The molecule has 0 amide bonds. The zero-order chi connectivity index (χ0) is 5.98. The quantitative estimate of drug-likeness (QED) is 0.529. The Morgan fingerprint density at radius 1 is 1.38 bits per heavy atom. The number of hydrogen-bond acceptors (Lipinski definition) is 2. The number of nitrogens with zero attached hydrogens (tertiary/aromatic N) is 2. The topological polar surface area (TPSA) is 25.8 Å². The predicted molar refractivity (Wildman–Crippen MR) is 31.8 cm³/mol. The first kappa shape index (κ1) is 5.51. The number of halogens is 1. The molecule has 0 aromatic carbocycles. The molecule has 1 heterocycles. The van der Waals surface area contributed by atoms with Crippen LogP contribution in [0.15, 0.2) is 12.4 Å². The first-order valence-electron chi connectivity index (χ1n) is 2.23. The SMILES string of the molecule is Cc1cnncc1Cl. The summed E-state index contributed by atoms with van der Waals surface area (Å²) in [7, 11) is 0. The van der Waals surface area contributed by atoms with E-state index in [0.717, 1.165) is 5.56 Å². The van der Waals surface area contributed by atoms with E-state index < -0.39 is 0 Å². The first-order valence-corrected chi connectivity index (χ1v) is 2.61. The molecular weight excluding hydrogens is 124 g/mol. The second-order valence-corrected chi connectivity index (χ2v) is 1.93. The molecule has 0 atom stereocenters. The van der Waals surface area contributed by atoms with Crippen molar-refractivity contribution in [2.45, 2.75) is 6.92 Å². The Kier molecular flexibility index (Phi) is 1.44. The van der Waals surface area contributed by atoms with Crippen LogP contribution in [0.2, 0.25) is 5.02 Å². The van der Waals surface area contributed by atoms with Gasteiger partial charge >= 0.3 is 0 Å². The summed E-state index contributed by atoms with van der Waals surface area (Å²) in [4.78, 5) is 0. The van der Waals surface area contributed by atoms with Gasteiger partial charge in [0.2, 0.25) is 0 Å². The van der Waals surface area contributed by atoms with Gasteiger partial charge in [0, 0.05) is 0 Å². The standard InChI is InChI=1S/C5H5ClN2/c1-4-2-7-8-3-5(4)6/h2-3H,1H3. The molecule has 1 aromatic rings. The lowest BCUT2D eigenvalue weighted by Gasteiger charge is -1.88. The smallest absolute Gasteiger partial charge is 0.0685 e. The van der Waals surface area contributed by atoms with Crippen molar-refractivity contribution in [2.24, 2.45) is 0 Å². The molecule has 0 spiro atoms. The van der Waals surface area contributed by atoms with Crippen molar-refractivity contribution in [3.63, 3.8) is 0 Å². The third kappa shape index (κ3) is 0.954. The van der Waals surface area contributed by atoms with E-state index in [1.807, 2.05) is 6.92 Å². The highest BCUT2D eigenvalue weighted by molar-refractivity contribution is 6.31. The summed E-state index contributed by atoms with van der Waals surface area (Å²) >= 11 is 5.61. The molecule has 0 aliphatic carbocycles. The lowest BCUT2D eigenvalue weighted by Crippen LogP contribution is -1.80. The van der Waals surface area contributed by atoms with Crippen LogP contribution in [0, 0.1) is 6.92 Å². The van der Waals surface area contributed by atoms with Crippen molar-refractivity contribution in [3.8, 4) is 0 Å². The number of rotatable bonds is 0. The molecule has 42 valence electrons. The lowest BCUT2D eigenvalue weighted by atomic mass is 10.4. The van der Waals surface area contributed by atoms with Crippen LogP contribution in [0.5, 0.6) is 0 Å². The van der Waals surface area contributed by atoms with Crippen LogP contribution >= 0.6 is 11.6 Å². The zero-order valence-corrected chi connectivity index (χ0v) is 5.18. The Balaban J connectivity index is 3.13. The Labute approximate surface area is 52.5 Å². The average molecular weight is 129 g/mol. The third-order valence-electron chi connectivity index (χ3n) is 0.866. The second kappa shape index (κ2) is 2.09. The molecule has 0 fully saturated rings. The van der Waals surface area contributed by atoms with Crippen molar-refractivity contribution >= 4 is 11.6 Å². The van der Waals surface area contributed by atoms with E-state index in [4.69, 9.17) is 11.6 Å². The van der Waals surface area contributed by atoms with Gasteiger partial charge in [0.1, 0.15) is 0 Å². The number of aryl methyl sites for hydroxylation is 1. The summed E-state index contributed by atoms with van der Waals surface area (Å²) in [5, 5.41) is 7.84. The summed E-state index contributed by atoms with van der Waals surface area (Å²) in [5.41, 5.74) is 0.960. The van der Waals surface area contributed by atoms with Gasteiger partial charge in [-0.05, 0) is 12.5 Å². The average Bonchev–Trinajstić information content (AvgIpc) is 1.77. The molecule has 1 rings (SSSR count). The number of aromatic nitrogens is 2. The van der Waals surface area contributed by atoms with Gasteiger partial charge in [0.15, 0.2) is 0 Å². The normalized spacial score (nSPS) is 9.25. The Morgan fingerprint density at radius 2 is 2.00 bits per heavy atom. The van der Waals surface area contributed by atoms with E-state index in [1.165, 1.54) is 6.20 Å². The van der Waals surface area contributed by atoms with Crippen LogP contribution in [0.25, 0.3) is 0 Å². The molecule has 8 heavy (non-hydrogen) atoms. The fourth-order valence-electron chi connectivity index (χ4n) is 0.367. The fourth-order valence-corrected chi connectivity index (χ4v) is 0.460. The van der Waals surface area contributed by atoms with Crippen LogP contribution in [-0.2, 0) is 0 Å². The molecule has 2 nitrogen and oxygen atoms in total. The zero-order valence-electron chi connectivity index (χ0n) is 4.43. The van der Waals surface area contributed by atoms with Gasteiger partial charge in [-0.25, -0.2) is 0 Å². The molecule has 0 aliphatic rings. The predicted octanol–water partition coefficient (Wildman–Crippen LogP) is 1.44. The van der Waals surface area contributed by atoms with E-state index in [-0.39, 0.29) is 0 Å². The minimum absolute atomic E-state index is 0.667. The Hall–Kier alpha value is -0.630. The minimum Gasteiger partial charge on any atom is -0.159 e. The molecule has 1 aromatic heterocycles. The molecule has 0 bridgehead atoms. The van der Waals surface area contributed by atoms with Crippen LogP contribution in [-0.4, -0.2) is 10.2 Å². The monoisotopic (exact) mass is 128 g/mol. The molecule has 0 saturated heterocycles. The summed E-state index contributed by atoms with van der Waals surface area (Å²) in [6.07, 6.45) is 3.15. The van der Waals surface area contributed by atoms with E-state index in [2.05, 4.69) is 10.2 Å². The second-order valence-electron chi connectivity index (χ2n) is 1.52. The molecular formula is C5H5ClN2. The van der Waals surface area contributed by atoms with Gasteiger partial charge in [0.05, 0.1) is 17.4 Å². The maximum atomic E-state index is 5.61. The van der Waals surface area contributed by atoms with Gasteiger partial charge in [-0.1, -0.05) is 11.6 Å². The molecule has 0 aliphatic heterocycles. The van der Waals surface area contributed by atoms with Crippen molar-refractivity contribution in [1.29, 1.82) is 0 Å². The molecule has 0 saturated carbocycles. The maximum Gasteiger partial charge on any atom is 0.0685 e. The molecule has 0 unspecified atom stereocenters. The van der Waals surface area contributed by atoms with Crippen LogP contribution in [0.1, 0.15) is 5.56 Å². The van der Waals surface area contributed by atoms with E-state index in [9.17, 15) is 0 Å². The van der Waals surface area contributed by atoms with Crippen LogP contribution in [0.4, 0.5) is 0 Å². The molecule has 0 radical (unpaired) electrons. The van der Waals surface area contributed by atoms with Crippen molar-refractivity contribution in [3.05, 3.63) is 23.0 Å². The largest absolute Gasteiger partial charge is 0.159 e. The van der Waals surface area contributed by atoms with Crippen molar-refractivity contribution < 1.29 is 0 Å². The summed E-state index contributed by atoms with van der Waals surface area (Å²) < 4.78 is 0. The van der Waals surface area contributed by atoms with Gasteiger partial charge in [-0.15, -0.1) is 0 Å². The highest BCUT2D eigenvalue weighted by Crippen LogP contribution is 2.08. The third-order valence-corrected chi connectivity index (χ3v) is 1.26. The highest BCUT2D eigenvalue weighted by atomic mass is 35.5. The van der Waals surface area contributed by atoms with E-state index >= 15 is 0 Å². The van der Waals surface area contributed by atoms with Gasteiger partial charge in [0.25, 0.3) is 0 Å². The number of hydrogen-bond donors (Lipinski definition) is 0. The van der Waals surface area contributed by atoms with Crippen LogP contribution in [0.3, 0.4) is 0 Å². The van der Waals surface area contributed by atoms with Gasteiger partial charge in [-0.2, -0.15) is 10.2 Å². The Morgan fingerprint density at radius 3 is 2.38 bits per heavy atom. The maximum absolute atomic E-state index is 5.61. The summed E-state index contributed by atoms with van der Waals surface area (Å²) in [5.74, 6) is 0. The van der Waals surface area contributed by atoms with Crippen molar-refractivity contribution in [2.75, 3.05) is 0 Å². The fraction of sp³-hybridized carbons (Fsp3) is 0.200. The van der Waals surface area contributed by atoms with Crippen molar-refractivity contribution in [1.82, 2.24) is 10.2 Å². The highest BCUT2D eigenvalue weighted by Gasteiger charge is 1.89. The first-order chi connectivity index (χ1) is 3.80. The Bertz CT molecular complexity index is 167. The molecule has 3 heteroatoms. The summed E-state index contributed by atoms with van der Waals surface area (Å²) in [6, 6.07) is 0. The summed E-state index contributed by atoms with van der Waals surface area (Å²) in [6.45, 7) is 1.89. The minimum atomic E-state index is 0.667. The van der Waals surface area contributed by atoms with Gasteiger partial charge < -0.3 is 0 Å².